The highest BCUT2D eigenvalue weighted by molar-refractivity contribution is 9.10. The van der Waals surface area contributed by atoms with Crippen molar-refractivity contribution in [2.75, 3.05) is 0 Å². The van der Waals surface area contributed by atoms with Crippen LogP contribution in [-0.2, 0) is 13.1 Å². The third-order valence-corrected chi connectivity index (χ3v) is 4.66. The molecular formula is C12H12BrN3S2. The zero-order valence-corrected chi connectivity index (χ0v) is 12.9. The number of hydrogen-bond acceptors (Lipinski definition) is 2. The summed E-state index contributed by atoms with van der Waals surface area (Å²) in [5, 5.41) is 0. The zero-order chi connectivity index (χ0) is 12.7. The molecule has 0 saturated carbocycles. The largest absolute Gasteiger partial charge is 0.260 e. The standard InChI is InChI=1S/C12H12BrN3S2/c13-9-5-1-2-6-10(9)16-11(17)14-7-3-4-8-15(14)12(16)18/h1-2,5-6H,3-4,7-8H2. The van der Waals surface area contributed by atoms with Crippen LogP contribution in [0.2, 0.25) is 0 Å². The van der Waals surface area contributed by atoms with Gasteiger partial charge in [0.15, 0.2) is 0 Å². The fourth-order valence-electron chi connectivity index (χ4n) is 2.31. The summed E-state index contributed by atoms with van der Waals surface area (Å²) < 4.78 is 8.77. The van der Waals surface area contributed by atoms with Crippen molar-refractivity contribution in [1.29, 1.82) is 0 Å². The van der Waals surface area contributed by atoms with E-state index in [1.807, 2.05) is 28.8 Å². The third kappa shape index (κ3) is 1.83. The molecular weight excluding hydrogens is 330 g/mol. The quantitative estimate of drug-likeness (QED) is 0.725. The van der Waals surface area contributed by atoms with Crippen molar-refractivity contribution in [3.63, 3.8) is 0 Å². The zero-order valence-electron chi connectivity index (χ0n) is 9.67. The number of hydrogen-bond donors (Lipinski definition) is 0. The van der Waals surface area contributed by atoms with Crippen LogP contribution in [-0.4, -0.2) is 13.9 Å². The molecule has 0 bridgehead atoms. The lowest BCUT2D eigenvalue weighted by molar-refractivity contribution is 0.357. The normalized spacial score (nSPS) is 14.5. The predicted octanol–water partition coefficient (Wildman–Crippen LogP) is 4.10. The van der Waals surface area contributed by atoms with E-state index in [1.54, 1.807) is 0 Å². The maximum Gasteiger partial charge on any atom is 0.201 e. The summed E-state index contributed by atoms with van der Waals surface area (Å²) in [4.78, 5) is 0. The minimum Gasteiger partial charge on any atom is -0.260 e. The molecule has 0 unspecified atom stereocenters. The molecule has 0 saturated heterocycles. The van der Waals surface area contributed by atoms with Crippen molar-refractivity contribution in [3.8, 4) is 5.69 Å². The van der Waals surface area contributed by atoms with Crippen LogP contribution in [0.25, 0.3) is 5.69 Å². The summed E-state index contributed by atoms with van der Waals surface area (Å²) in [6, 6.07) is 8.02. The molecule has 1 aliphatic heterocycles. The topological polar surface area (TPSA) is 14.8 Å². The highest BCUT2D eigenvalue weighted by Crippen LogP contribution is 2.23. The molecule has 0 atom stereocenters. The molecule has 2 aromatic rings. The number of benzene rings is 1. The van der Waals surface area contributed by atoms with E-state index >= 15 is 0 Å². The van der Waals surface area contributed by atoms with Gasteiger partial charge < -0.3 is 0 Å². The Kier molecular flexibility index (Phi) is 3.25. The Balaban J connectivity index is 2.32. The van der Waals surface area contributed by atoms with Gasteiger partial charge in [-0.15, -0.1) is 0 Å². The van der Waals surface area contributed by atoms with E-state index < -0.39 is 0 Å². The number of fused-ring (bicyclic) bond motifs is 1. The Morgan fingerprint density at radius 2 is 1.50 bits per heavy atom. The van der Waals surface area contributed by atoms with Gasteiger partial charge in [0.25, 0.3) is 0 Å². The van der Waals surface area contributed by atoms with E-state index in [1.165, 1.54) is 12.8 Å². The second kappa shape index (κ2) is 4.75. The molecule has 0 radical (unpaired) electrons. The van der Waals surface area contributed by atoms with Crippen molar-refractivity contribution in [2.24, 2.45) is 0 Å². The summed E-state index contributed by atoms with van der Waals surface area (Å²) >= 11 is 14.7. The van der Waals surface area contributed by atoms with Gasteiger partial charge in [-0.2, -0.15) is 0 Å². The van der Waals surface area contributed by atoms with Crippen molar-refractivity contribution < 1.29 is 0 Å². The highest BCUT2D eigenvalue weighted by Gasteiger charge is 2.16. The van der Waals surface area contributed by atoms with Crippen LogP contribution in [0, 0.1) is 9.54 Å². The summed E-state index contributed by atoms with van der Waals surface area (Å²) in [5.41, 5.74) is 1.02. The molecule has 3 rings (SSSR count). The van der Waals surface area contributed by atoms with Crippen molar-refractivity contribution in [3.05, 3.63) is 38.3 Å². The fraction of sp³-hybridized carbons (Fsp3) is 0.333. The van der Waals surface area contributed by atoms with E-state index in [0.29, 0.717) is 0 Å². The van der Waals surface area contributed by atoms with Crippen LogP contribution in [0.1, 0.15) is 12.8 Å². The molecule has 0 aliphatic carbocycles. The first kappa shape index (κ1) is 12.3. The number of nitrogens with zero attached hydrogens (tertiary/aromatic N) is 3. The molecule has 3 nitrogen and oxygen atoms in total. The SMILES string of the molecule is S=c1n(-c2ccccc2Br)c(=S)n2n1CCCC2. The lowest BCUT2D eigenvalue weighted by atomic mass is 10.3. The van der Waals surface area contributed by atoms with Crippen LogP contribution in [0.3, 0.4) is 0 Å². The lowest BCUT2D eigenvalue weighted by Crippen LogP contribution is -2.18. The van der Waals surface area contributed by atoms with E-state index in [0.717, 1.165) is 32.8 Å². The van der Waals surface area contributed by atoms with E-state index in [2.05, 4.69) is 25.3 Å². The number of rotatable bonds is 1. The summed E-state index contributed by atoms with van der Waals surface area (Å²) in [5.74, 6) is 0. The van der Waals surface area contributed by atoms with Gasteiger partial charge in [-0.25, -0.2) is 0 Å². The summed E-state index contributed by atoms with van der Waals surface area (Å²) in [6.07, 6.45) is 2.34. The van der Waals surface area contributed by atoms with Crippen LogP contribution in [0.15, 0.2) is 28.7 Å². The van der Waals surface area contributed by atoms with Crippen molar-refractivity contribution >= 4 is 40.4 Å². The molecule has 1 aromatic carbocycles. The van der Waals surface area contributed by atoms with E-state index in [-0.39, 0.29) is 0 Å². The molecule has 0 amide bonds. The maximum absolute atomic E-state index is 5.56. The average molecular weight is 342 g/mol. The van der Waals surface area contributed by atoms with E-state index in [9.17, 15) is 0 Å². The van der Waals surface area contributed by atoms with Crippen LogP contribution >= 0.6 is 40.4 Å². The van der Waals surface area contributed by atoms with Gasteiger partial charge in [0.05, 0.1) is 5.69 Å². The smallest absolute Gasteiger partial charge is 0.201 e. The lowest BCUT2D eigenvalue weighted by Gasteiger charge is -2.15. The van der Waals surface area contributed by atoms with E-state index in [4.69, 9.17) is 24.4 Å². The first-order valence-corrected chi connectivity index (χ1v) is 7.48. The van der Waals surface area contributed by atoms with Crippen molar-refractivity contribution in [2.45, 2.75) is 25.9 Å². The number of halogens is 1. The maximum atomic E-state index is 5.56. The van der Waals surface area contributed by atoms with Gasteiger partial charge in [-0.1, -0.05) is 12.1 Å². The monoisotopic (exact) mass is 341 g/mol. The van der Waals surface area contributed by atoms with Crippen molar-refractivity contribution in [1.82, 2.24) is 13.9 Å². The van der Waals surface area contributed by atoms with Gasteiger partial charge in [0, 0.05) is 17.6 Å². The minimum absolute atomic E-state index is 0.784. The molecule has 94 valence electrons. The second-order valence-electron chi connectivity index (χ2n) is 4.31. The molecule has 18 heavy (non-hydrogen) atoms. The Hall–Kier alpha value is -0.720. The van der Waals surface area contributed by atoms with Crippen LogP contribution in [0.4, 0.5) is 0 Å². The molecule has 0 spiro atoms. The van der Waals surface area contributed by atoms with Crippen LogP contribution in [0.5, 0.6) is 0 Å². The Bertz CT molecular complexity index is 673. The number of aromatic nitrogens is 3. The summed E-state index contributed by atoms with van der Waals surface area (Å²) in [6.45, 7) is 1.92. The average Bonchev–Trinajstić information content (AvgIpc) is 2.64. The molecule has 2 heterocycles. The minimum atomic E-state index is 0.784. The molecule has 1 aromatic heterocycles. The molecule has 6 heteroatoms. The van der Waals surface area contributed by atoms with Gasteiger partial charge in [0.2, 0.25) is 9.54 Å². The predicted molar refractivity (Wildman–Crippen MR) is 80.4 cm³/mol. The van der Waals surface area contributed by atoms with Gasteiger partial charge in [-0.05, 0) is 65.3 Å². The van der Waals surface area contributed by atoms with Crippen LogP contribution < -0.4 is 0 Å². The molecule has 0 N–H and O–H groups in total. The molecule has 1 aliphatic rings. The Labute approximate surface area is 124 Å². The fourth-order valence-corrected chi connectivity index (χ4v) is 3.58. The van der Waals surface area contributed by atoms with Gasteiger partial charge in [0.1, 0.15) is 0 Å². The second-order valence-corrected chi connectivity index (χ2v) is 5.89. The Morgan fingerprint density at radius 1 is 0.944 bits per heavy atom. The first-order valence-electron chi connectivity index (χ1n) is 5.88. The van der Waals surface area contributed by atoms with Gasteiger partial charge in [-0.3, -0.25) is 13.9 Å². The summed E-state index contributed by atoms with van der Waals surface area (Å²) in [7, 11) is 0. The highest BCUT2D eigenvalue weighted by atomic mass is 79.9. The Morgan fingerprint density at radius 3 is 2.06 bits per heavy atom. The molecule has 0 fully saturated rings. The first-order chi connectivity index (χ1) is 8.70. The third-order valence-electron chi connectivity index (χ3n) is 3.20. The van der Waals surface area contributed by atoms with Gasteiger partial charge >= 0.3 is 0 Å². The number of para-hydroxylation sites is 1.